The van der Waals surface area contributed by atoms with E-state index in [9.17, 15) is 8.42 Å². The minimum absolute atomic E-state index is 0.0384. The maximum absolute atomic E-state index is 14.7. The quantitative estimate of drug-likeness (QED) is 0.114. The average Bonchev–Trinajstić information content (AvgIpc) is 3.31. The first-order valence-electron chi connectivity index (χ1n) is 16.0. The molecule has 2 aliphatic rings. The fourth-order valence-corrected chi connectivity index (χ4v) is 15.8. The van der Waals surface area contributed by atoms with Crippen LogP contribution in [-0.2, 0) is 14.4 Å². The monoisotopic (exact) mass is 645 g/mol. The van der Waals surface area contributed by atoms with Gasteiger partial charge in [0.05, 0.1) is 11.9 Å². The second kappa shape index (κ2) is 10.7. The standard InChI is InChI=1S/C37H48NO3PSSi/c1-35(2,3)44(7,8)41-34-25-28-22-23-37(34,36(28,4)5)26-43(39,40)38-42(6,29-17-10-9-11-18-29)33-24-27-16-12-13-19-30(27)31-20-14-15-21-32(31)33/h9-21,24,28,34H,22-23,25-26H2,1-8H3/t28?,34-,37?,42?/m1/s1. The SMILES string of the molecule is CC1(C)C2CCC1(CS(=O)(=O)N=P(C)(c1ccccc1)c1cc3ccccc3c3ccccc13)[C@H](O[Si](C)(C)C(C)(C)C)C2. The van der Waals surface area contributed by atoms with Crippen molar-refractivity contribution in [3.8, 4) is 0 Å². The van der Waals surface area contributed by atoms with Crippen LogP contribution in [0.1, 0.15) is 53.9 Å². The second-order valence-electron chi connectivity index (χ2n) is 15.5. The van der Waals surface area contributed by atoms with Crippen molar-refractivity contribution < 1.29 is 12.8 Å². The zero-order valence-corrected chi connectivity index (χ0v) is 30.3. The van der Waals surface area contributed by atoms with Crippen molar-refractivity contribution in [2.45, 2.75) is 78.1 Å². The number of hydrogen-bond acceptors (Lipinski definition) is 3. The molecule has 2 fully saturated rings. The van der Waals surface area contributed by atoms with E-state index in [1.165, 1.54) is 5.39 Å². The highest BCUT2D eigenvalue weighted by Gasteiger charge is 2.66. The number of fused-ring (bicyclic) bond motifs is 5. The molecule has 4 aromatic carbocycles. The van der Waals surface area contributed by atoms with Gasteiger partial charge in [0, 0.05) is 17.8 Å². The van der Waals surface area contributed by atoms with Crippen molar-refractivity contribution in [1.82, 2.24) is 0 Å². The lowest BCUT2D eigenvalue weighted by Gasteiger charge is -2.47. The summed E-state index contributed by atoms with van der Waals surface area (Å²) in [5.74, 6) is 0.503. The Morgan fingerprint density at radius 3 is 2.14 bits per heavy atom. The van der Waals surface area contributed by atoms with E-state index < -0.39 is 30.8 Å². The number of rotatable bonds is 7. The van der Waals surface area contributed by atoms with Gasteiger partial charge in [-0.1, -0.05) is 113 Å². The molecule has 3 unspecified atom stereocenters. The van der Waals surface area contributed by atoms with Gasteiger partial charge in [-0.15, -0.1) is 0 Å². The molecule has 0 heterocycles. The summed E-state index contributed by atoms with van der Waals surface area (Å²) < 4.78 is 41.7. The minimum atomic E-state index is -3.87. The summed E-state index contributed by atoms with van der Waals surface area (Å²) in [7, 11) is -8.74. The van der Waals surface area contributed by atoms with Crippen LogP contribution in [0.5, 0.6) is 0 Å². The summed E-state index contributed by atoms with van der Waals surface area (Å²) in [6.45, 7) is 18.0. The molecule has 4 nitrogen and oxygen atoms in total. The van der Waals surface area contributed by atoms with Gasteiger partial charge in [-0.25, -0.2) is 8.42 Å². The van der Waals surface area contributed by atoms with Crippen molar-refractivity contribution in [3.05, 3.63) is 84.9 Å². The van der Waals surface area contributed by atoms with E-state index in [2.05, 4.69) is 109 Å². The first kappa shape index (κ1) is 31.7. The van der Waals surface area contributed by atoms with Crippen molar-refractivity contribution >= 4 is 57.5 Å². The van der Waals surface area contributed by atoms with Gasteiger partial charge >= 0.3 is 0 Å². The molecule has 4 aromatic rings. The lowest BCUT2D eigenvalue weighted by Crippen LogP contribution is -2.52. The second-order valence-corrected chi connectivity index (χ2v) is 25.3. The molecule has 44 heavy (non-hydrogen) atoms. The van der Waals surface area contributed by atoms with Crippen LogP contribution in [0, 0.1) is 16.7 Å². The molecule has 0 N–H and O–H groups in total. The molecule has 6 rings (SSSR count). The molecule has 0 aliphatic heterocycles. The van der Waals surface area contributed by atoms with Gasteiger partial charge in [-0.2, -0.15) is 4.15 Å². The van der Waals surface area contributed by atoms with E-state index in [0.717, 1.165) is 46.0 Å². The van der Waals surface area contributed by atoms with Crippen LogP contribution in [0.4, 0.5) is 0 Å². The third kappa shape index (κ3) is 5.05. The van der Waals surface area contributed by atoms with Crippen LogP contribution in [-0.4, -0.2) is 35.3 Å². The van der Waals surface area contributed by atoms with E-state index in [4.69, 9.17) is 8.58 Å². The van der Waals surface area contributed by atoms with E-state index in [1.54, 1.807) is 0 Å². The van der Waals surface area contributed by atoms with Gasteiger partial charge < -0.3 is 4.43 Å². The van der Waals surface area contributed by atoms with E-state index in [0.29, 0.717) is 5.92 Å². The lowest BCUT2D eigenvalue weighted by molar-refractivity contribution is 0.0237. The fraction of sp³-hybridized carbons (Fsp3) is 0.459. The molecule has 0 amide bonds. The number of benzene rings is 4. The molecular formula is C37H48NO3PSSi. The molecule has 7 heteroatoms. The third-order valence-corrected chi connectivity index (χ3v) is 22.1. The average molecular weight is 646 g/mol. The Morgan fingerprint density at radius 2 is 1.50 bits per heavy atom. The minimum Gasteiger partial charge on any atom is -0.413 e. The maximum atomic E-state index is 14.7. The normalized spacial score (nSPS) is 24.9. The predicted octanol–water partition coefficient (Wildman–Crippen LogP) is 9.32. The van der Waals surface area contributed by atoms with Crippen LogP contribution < -0.4 is 10.6 Å². The van der Waals surface area contributed by atoms with Gasteiger partial charge in [0.1, 0.15) is 0 Å². The Hall–Kier alpha value is -2.24. The topological polar surface area (TPSA) is 55.7 Å². The highest BCUT2D eigenvalue weighted by molar-refractivity contribution is 7.97. The Morgan fingerprint density at radius 1 is 0.909 bits per heavy atom. The molecule has 0 saturated heterocycles. The van der Waals surface area contributed by atoms with Crippen LogP contribution in [0.25, 0.3) is 21.5 Å². The van der Waals surface area contributed by atoms with Crippen LogP contribution >= 0.6 is 7.05 Å². The molecule has 234 valence electrons. The highest BCUT2D eigenvalue weighted by atomic mass is 32.2. The molecule has 0 spiro atoms. The predicted molar refractivity (Wildman–Crippen MR) is 192 cm³/mol. The zero-order chi connectivity index (χ0) is 31.8. The van der Waals surface area contributed by atoms with Gasteiger partial charge in [-0.05, 0) is 88.3 Å². The zero-order valence-electron chi connectivity index (χ0n) is 27.6. The Balaban J connectivity index is 1.54. The number of hydrogen-bond donors (Lipinski definition) is 0. The summed E-state index contributed by atoms with van der Waals surface area (Å²) >= 11 is 0. The number of sulfonamides is 1. The van der Waals surface area contributed by atoms with Crippen LogP contribution in [0.2, 0.25) is 18.1 Å². The summed E-state index contributed by atoms with van der Waals surface area (Å²) in [4.78, 5) is 0. The first-order valence-corrected chi connectivity index (χ1v) is 22.7. The summed E-state index contributed by atoms with van der Waals surface area (Å²) in [6.07, 6.45) is 2.80. The summed E-state index contributed by atoms with van der Waals surface area (Å²) in [5.41, 5.74) is -0.595. The molecule has 2 bridgehead atoms. The molecule has 0 radical (unpaired) electrons. The smallest absolute Gasteiger partial charge is 0.253 e. The lowest BCUT2D eigenvalue weighted by atomic mass is 9.70. The molecule has 2 saturated carbocycles. The number of nitrogens with zero attached hydrogens (tertiary/aromatic N) is 1. The summed E-state index contributed by atoms with van der Waals surface area (Å²) in [6, 6.07) is 29.1. The Bertz CT molecular complexity index is 1890. The third-order valence-electron chi connectivity index (χ3n) is 11.8. The molecule has 0 aromatic heterocycles. The van der Waals surface area contributed by atoms with Gasteiger partial charge in [-0.3, -0.25) is 0 Å². The fourth-order valence-electron chi connectivity index (χ4n) is 7.98. The molecular weight excluding hydrogens is 598 g/mol. The largest absolute Gasteiger partial charge is 0.413 e. The Labute approximate surface area is 265 Å². The van der Waals surface area contributed by atoms with Gasteiger partial charge in [0.15, 0.2) is 8.32 Å². The highest BCUT2D eigenvalue weighted by Crippen LogP contribution is 2.68. The van der Waals surface area contributed by atoms with Gasteiger partial charge in [0.25, 0.3) is 10.0 Å². The van der Waals surface area contributed by atoms with E-state index in [-0.39, 0.29) is 22.3 Å². The van der Waals surface area contributed by atoms with Crippen LogP contribution in [0.15, 0.2) is 89.1 Å². The van der Waals surface area contributed by atoms with E-state index >= 15 is 0 Å². The van der Waals surface area contributed by atoms with Gasteiger partial charge in [0.2, 0.25) is 0 Å². The van der Waals surface area contributed by atoms with Crippen LogP contribution in [0.3, 0.4) is 0 Å². The first-order chi connectivity index (χ1) is 20.5. The summed E-state index contributed by atoms with van der Waals surface area (Å²) in [5, 5.41) is 6.53. The van der Waals surface area contributed by atoms with Crippen molar-refractivity contribution in [2.75, 3.05) is 12.4 Å². The molecule has 2 aliphatic carbocycles. The van der Waals surface area contributed by atoms with Crippen molar-refractivity contribution in [3.63, 3.8) is 0 Å². The van der Waals surface area contributed by atoms with Crippen molar-refractivity contribution in [2.24, 2.45) is 20.9 Å². The van der Waals surface area contributed by atoms with E-state index in [1.807, 2.05) is 30.3 Å². The Kier molecular flexibility index (Phi) is 7.68. The maximum Gasteiger partial charge on any atom is 0.253 e. The molecule has 4 atom stereocenters. The van der Waals surface area contributed by atoms with Crippen molar-refractivity contribution in [1.29, 1.82) is 0 Å².